The number of carboxylic acids is 2. The fraction of sp³-hybridized carbons (Fsp3) is 0.296. The van der Waals surface area contributed by atoms with Gasteiger partial charge in [0.05, 0.1) is 12.8 Å². The number of nitrogens with zero attached hydrogens (tertiary/aromatic N) is 2. The van der Waals surface area contributed by atoms with Crippen molar-refractivity contribution in [1.82, 2.24) is 0 Å². The van der Waals surface area contributed by atoms with Crippen LogP contribution in [0, 0.1) is 0 Å². The summed E-state index contributed by atoms with van der Waals surface area (Å²) in [5, 5.41) is 17.7. The van der Waals surface area contributed by atoms with Gasteiger partial charge in [-0.3, -0.25) is 14.4 Å². The standard InChI is InChI=1S/C27H30N2O5/c1-28(15-13-25(30)31)23-9-3-19(4-10-23)17-21-7-8-22(27(21)34)18-20-5-11-24(12-6-20)29(2)16-14-26(32)33/h3-6,9-12,17-18H,7-8,13-16H2,1-2H3,(H,30,31)(H,32,33)/b21-17+,22-18+. The number of carbonyl (C=O) groups excluding carboxylic acids is 1. The second kappa shape index (κ2) is 11.3. The van der Waals surface area contributed by atoms with Gasteiger partial charge in [-0.1, -0.05) is 24.3 Å². The fourth-order valence-corrected chi connectivity index (χ4v) is 3.82. The third-order valence-electron chi connectivity index (χ3n) is 5.92. The van der Waals surface area contributed by atoms with Crippen molar-refractivity contribution < 1.29 is 24.6 Å². The van der Waals surface area contributed by atoms with Crippen LogP contribution in [0.25, 0.3) is 12.2 Å². The van der Waals surface area contributed by atoms with E-state index in [0.717, 1.165) is 33.6 Å². The summed E-state index contributed by atoms with van der Waals surface area (Å²) >= 11 is 0. The molecule has 0 bridgehead atoms. The molecule has 1 aliphatic rings. The average molecular weight is 463 g/mol. The normalized spacial score (nSPS) is 15.6. The number of aliphatic carboxylic acids is 2. The number of hydrogen-bond acceptors (Lipinski definition) is 5. The van der Waals surface area contributed by atoms with Crippen molar-refractivity contribution in [2.24, 2.45) is 0 Å². The van der Waals surface area contributed by atoms with Gasteiger partial charge in [-0.2, -0.15) is 0 Å². The number of carboxylic acid groups (broad SMARTS) is 2. The molecule has 0 atom stereocenters. The molecule has 34 heavy (non-hydrogen) atoms. The van der Waals surface area contributed by atoms with E-state index in [-0.39, 0.29) is 18.6 Å². The minimum atomic E-state index is -0.823. The summed E-state index contributed by atoms with van der Waals surface area (Å²) in [4.78, 5) is 38.2. The lowest BCUT2D eigenvalue weighted by atomic mass is 10.1. The molecule has 0 aliphatic heterocycles. The molecule has 0 saturated heterocycles. The number of benzene rings is 2. The van der Waals surface area contributed by atoms with Crippen molar-refractivity contribution in [2.75, 3.05) is 37.0 Å². The van der Waals surface area contributed by atoms with Crippen LogP contribution < -0.4 is 9.80 Å². The highest BCUT2D eigenvalue weighted by atomic mass is 16.4. The van der Waals surface area contributed by atoms with Crippen LogP contribution in [0.3, 0.4) is 0 Å². The maximum Gasteiger partial charge on any atom is 0.305 e. The summed E-state index contributed by atoms with van der Waals surface area (Å²) in [5.74, 6) is -1.59. The quantitative estimate of drug-likeness (QED) is 0.507. The van der Waals surface area contributed by atoms with Crippen molar-refractivity contribution in [1.29, 1.82) is 0 Å². The number of allylic oxidation sites excluding steroid dienone is 2. The van der Waals surface area contributed by atoms with Crippen LogP contribution in [-0.2, 0) is 14.4 Å². The topological polar surface area (TPSA) is 98.2 Å². The zero-order valence-corrected chi connectivity index (χ0v) is 19.5. The van der Waals surface area contributed by atoms with Crippen molar-refractivity contribution >= 4 is 41.2 Å². The predicted octanol–water partition coefficient (Wildman–Crippen LogP) is 4.34. The van der Waals surface area contributed by atoms with Crippen LogP contribution >= 0.6 is 0 Å². The second-order valence-corrected chi connectivity index (χ2v) is 8.48. The molecule has 0 radical (unpaired) electrons. The molecular weight excluding hydrogens is 432 g/mol. The zero-order chi connectivity index (χ0) is 24.7. The Morgan fingerprint density at radius 2 is 1.09 bits per heavy atom. The molecule has 3 rings (SSSR count). The molecule has 0 spiro atoms. The van der Waals surface area contributed by atoms with Gasteiger partial charge in [0.1, 0.15) is 0 Å². The summed E-state index contributed by atoms with van der Waals surface area (Å²) < 4.78 is 0. The lowest BCUT2D eigenvalue weighted by Gasteiger charge is -2.18. The van der Waals surface area contributed by atoms with Gasteiger partial charge in [0.2, 0.25) is 0 Å². The Hall–Kier alpha value is -3.87. The summed E-state index contributed by atoms with van der Waals surface area (Å²) in [5.41, 5.74) is 5.30. The first kappa shape index (κ1) is 24.8. The first-order valence-corrected chi connectivity index (χ1v) is 11.2. The van der Waals surface area contributed by atoms with Gasteiger partial charge in [0, 0.05) is 49.7 Å². The largest absolute Gasteiger partial charge is 0.481 e. The number of Topliss-reactive ketones (excluding diaryl/α,β-unsaturated/α-hetero) is 1. The Bertz CT molecular complexity index is 1010. The van der Waals surface area contributed by atoms with Crippen LogP contribution in [-0.4, -0.2) is 55.1 Å². The van der Waals surface area contributed by atoms with E-state index in [2.05, 4.69) is 0 Å². The molecule has 1 fully saturated rings. The van der Waals surface area contributed by atoms with E-state index in [1.165, 1.54) is 0 Å². The van der Waals surface area contributed by atoms with Gasteiger partial charge in [-0.05, 0) is 60.4 Å². The molecule has 1 saturated carbocycles. The summed E-state index contributed by atoms with van der Waals surface area (Å²) in [6, 6.07) is 15.5. The highest BCUT2D eigenvalue weighted by molar-refractivity contribution is 6.15. The van der Waals surface area contributed by atoms with Crippen LogP contribution in [0.5, 0.6) is 0 Å². The SMILES string of the molecule is CN(CCC(=O)O)c1ccc(/C=C2\CC/C(=C\c3ccc(N(C)CCC(=O)O)cc3)C2=O)cc1. The van der Waals surface area contributed by atoms with Crippen LogP contribution in [0.1, 0.15) is 36.8 Å². The predicted molar refractivity (Wildman–Crippen MR) is 134 cm³/mol. The van der Waals surface area contributed by atoms with Gasteiger partial charge < -0.3 is 20.0 Å². The van der Waals surface area contributed by atoms with E-state index in [0.29, 0.717) is 25.9 Å². The molecular formula is C27H30N2O5. The fourth-order valence-electron chi connectivity index (χ4n) is 3.82. The molecule has 178 valence electrons. The molecule has 2 N–H and O–H groups in total. The van der Waals surface area contributed by atoms with E-state index in [1.54, 1.807) is 0 Å². The van der Waals surface area contributed by atoms with E-state index in [1.807, 2.05) is 84.6 Å². The third-order valence-corrected chi connectivity index (χ3v) is 5.92. The summed E-state index contributed by atoms with van der Waals surface area (Å²) in [6.45, 7) is 0.865. The number of carbonyl (C=O) groups is 3. The number of ketones is 1. The maximum absolute atomic E-state index is 12.9. The molecule has 0 aromatic heterocycles. The minimum Gasteiger partial charge on any atom is -0.481 e. The van der Waals surface area contributed by atoms with Crippen molar-refractivity contribution in [2.45, 2.75) is 25.7 Å². The Balaban J connectivity index is 1.63. The maximum atomic E-state index is 12.9. The third kappa shape index (κ3) is 6.81. The highest BCUT2D eigenvalue weighted by Gasteiger charge is 2.23. The summed E-state index contributed by atoms with van der Waals surface area (Å²) in [7, 11) is 3.71. The number of anilines is 2. The van der Waals surface area contributed by atoms with E-state index in [9.17, 15) is 14.4 Å². The molecule has 0 amide bonds. The Labute approximate surface area is 199 Å². The molecule has 1 aliphatic carbocycles. The van der Waals surface area contributed by atoms with Crippen molar-refractivity contribution in [3.8, 4) is 0 Å². The minimum absolute atomic E-state index is 0.0605. The van der Waals surface area contributed by atoms with Gasteiger partial charge in [0.25, 0.3) is 0 Å². The second-order valence-electron chi connectivity index (χ2n) is 8.48. The zero-order valence-electron chi connectivity index (χ0n) is 19.5. The Morgan fingerprint density at radius 1 is 0.735 bits per heavy atom. The Kier molecular flexibility index (Phi) is 8.24. The lowest BCUT2D eigenvalue weighted by molar-refractivity contribution is -0.137. The molecule has 7 heteroatoms. The highest BCUT2D eigenvalue weighted by Crippen LogP contribution is 2.30. The molecule has 0 unspecified atom stereocenters. The van der Waals surface area contributed by atoms with Gasteiger partial charge >= 0.3 is 11.9 Å². The smallest absolute Gasteiger partial charge is 0.305 e. The average Bonchev–Trinajstić information content (AvgIpc) is 3.15. The monoisotopic (exact) mass is 462 g/mol. The molecule has 2 aromatic rings. The first-order chi connectivity index (χ1) is 16.2. The lowest BCUT2D eigenvalue weighted by Crippen LogP contribution is -2.20. The van der Waals surface area contributed by atoms with Gasteiger partial charge in [-0.25, -0.2) is 0 Å². The molecule has 2 aromatic carbocycles. The van der Waals surface area contributed by atoms with E-state index >= 15 is 0 Å². The summed E-state index contributed by atoms with van der Waals surface area (Å²) in [6.07, 6.45) is 5.39. The number of hydrogen-bond donors (Lipinski definition) is 2. The van der Waals surface area contributed by atoms with Gasteiger partial charge in [0.15, 0.2) is 5.78 Å². The van der Waals surface area contributed by atoms with E-state index < -0.39 is 11.9 Å². The Morgan fingerprint density at radius 3 is 1.41 bits per heavy atom. The first-order valence-electron chi connectivity index (χ1n) is 11.2. The van der Waals surface area contributed by atoms with Crippen LogP contribution in [0.4, 0.5) is 11.4 Å². The van der Waals surface area contributed by atoms with E-state index in [4.69, 9.17) is 10.2 Å². The van der Waals surface area contributed by atoms with Crippen LogP contribution in [0.15, 0.2) is 59.7 Å². The molecule has 7 nitrogen and oxygen atoms in total. The van der Waals surface area contributed by atoms with Gasteiger partial charge in [-0.15, -0.1) is 0 Å². The number of rotatable bonds is 10. The van der Waals surface area contributed by atoms with Crippen molar-refractivity contribution in [3.05, 3.63) is 70.8 Å². The van der Waals surface area contributed by atoms with Crippen molar-refractivity contribution in [3.63, 3.8) is 0 Å². The molecule has 0 heterocycles. The van der Waals surface area contributed by atoms with Crippen LogP contribution in [0.2, 0.25) is 0 Å².